The molecular weight excluding hydrogens is 228 g/mol. The van der Waals surface area contributed by atoms with E-state index < -0.39 is 0 Å². The Morgan fingerprint density at radius 3 is 2.44 bits per heavy atom. The number of hydrogen-bond donors (Lipinski definition) is 1. The van der Waals surface area contributed by atoms with E-state index in [2.05, 4.69) is 5.32 Å². The molecule has 4 nitrogen and oxygen atoms in total. The molecule has 1 rings (SSSR count). The molecule has 0 aromatic carbocycles. The van der Waals surface area contributed by atoms with E-state index in [-0.39, 0.29) is 18.1 Å². The van der Waals surface area contributed by atoms with Crippen LogP contribution in [-0.4, -0.2) is 49.7 Å². The number of carbonyl (C=O) groups excluding carboxylic acids is 1. The summed E-state index contributed by atoms with van der Waals surface area (Å²) in [5.41, 5.74) is -0.235. The first kappa shape index (κ1) is 15.4. The molecule has 1 amide bonds. The van der Waals surface area contributed by atoms with Gasteiger partial charge < -0.3 is 15.0 Å². The quantitative estimate of drug-likeness (QED) is 0.813. The van der Waals surface area contributed by atoms with Crippen LogP contribution >= 0.6 is 0 Å². The van der Waals surface area contributed by atoms with Gasteiger partial charge in [0.05, 0.1) is 5.60 Å². The van der Waals surface area contributed by atoms with E-state index in [1.807, 2.05) is 32.7 Å². The first-order valence-corrected chi connectivity index (χ1v) is 6.98. The maximum Gasteiger partial charge on any atom is 0.248 e. The van der Waals surface area contributed by atoms with Crippen LogP contribution < -0.4 is 5.32 Å². The van der Waals surface area contributed by atoms with Crippen LogP contribution in [0.1, 0.15) is 40.0 Å². The number of nitrogens with zero attached hydrogens (tertiary/aromatic N) is 1. The molecule has 4 heteroatoms. The Bertz CT molecular complexity index is 253. The average molecular weight is 256 g/mol. The molecule has 0 unspecified atom stereocenters. The second-order valence-corrected chi connectivity index (χ2v) is 6.12. The van der Waals surface area contributed by atoms with Crippen molar-refractivity contribution in [3.63, 3.8) is 0 Å². The van der Waals surface area contributed by atoms with E-state index in [1.54, 1.807) is 0 Å². The van der Waals surface area contributed by atoms with Gasteiger partial charge in [0.1, 0.15) is 6.61 Å². The Morgan fingerprint density at radius 1 is 1.33 bits per heavy atom. The maximum atomic E-state index is 12.0. The van der Waals surface area contributed by atoms with Crippen molar-refractivity contribution in [1.29, 1.82) is 0 Å². The van der Waals surface area contributed by atoms with Crippen LogP contribution in [-0.2, 0) is 9.53 Å². The summed E-state index contributed by atoms with van der Waals surface area (Å²) >= 11 is 0. The lowest BCUT2D eigenvalue weighted by Crippen LogP contribution is -2.42. The predicted octanol–water partition coefficient (Wildman–Crippen LogP) is 1.65. The average Bonchev–Trinajstić information content (AvgIpc) is 2.33. The highest BCUT2D eigenvalue weighted by molar-refractivity contribution is 5.77. The van der Waals surface area contributed by atoms with Gasteiger partial charge in [-0.3, -0.25) is 4.79 Å². The fourth-order valence-corrected chi connectivity index (χ4v) is 2.19. The Morgan fingerprint density at radius 2 is 1.94 bits per heavy atom. The largest absolute Gasteiger partial charge is 0.366 e. The highest BCUT2D eigenvalue weighted by Crippen LogP contribution is 2.20. The minimum absolute atomic E-state index is 0.136. The minimum Gasteiger partial charge on any atom is -0.366 e. The van der Waals surface area contributed by atoms with Gasteiger partial charge in [-0.2, -0.15) is 0 Å². The van der Waals surface area contributed by atoms with Crippen LogP contribution in [0.4, 0.5) is 0 Å². The first-order valence-electron chi connectivity index (χ1n) is 6.98. The first-order chi connectivity index (χ1) is 8.42. The van der Waals surface area contributed by atoms with Gasteiger partial charge >= 0.3 is 0 Å². The van der Waals surface area contributed by atoms with Crippen molar-refractivity contribution in [3.05, 3.63) is 0 Å². The lowest BCUT2D eigenvalue weighted by atomic mass is 9.93. The number of amides is 1. The Labute approximate surface area is 111 Å². The monoisotopic (exact) mass is 256 g/mol. The highest BCUT2D eigenvalue weighted by atomic mass is 16.5. The van der Waals surface area contributed by atoms with Crippen LogP contribution in [0.2, 0.25) is 0 Å². The fourth-order valence-electron chi connectivity index (χ4n) is 2.19. The van der Waals surface area contributed by atoms with E-state index in [9.17, 15) is 4.79 Å². The summed E-state index contributed by atoms with van der Waals surface area (Å²) in [6.45, 7) is 9.00. The van der Waals surface area contributed by atoms with Crippen molar-refractivity contribution < 1.29 is 9.53 Å². The van der Waals surface area contributed by atoms with Gasteiger partial charge in [0, 0.05) is 13.1 Å². The summed E-state index contributed by atoms with van der Waals surface area (Å²) in [5.74, 6) is 0.905. The molecule has 0 bridgehead atoms. The van der Waals surface area contributed by atoms with Gasteiger partial charge in [-0.15, -0.1) is 0 Å². The van der Waals surface area contributed by atoms with Crippen molar-refractivity contribution >= 4 is 5.91 Å². The van der Waals surface area contributed by atoms with Crippen molar-refractivity contribution in [2.24, 2.45) is 5.92 Å². The second kappa shape index (κ2) is 7.10. The number of hydrogen-bond acceptors (Lipinski definition) is 3. The molecule has 0 aromatic rings. The summed E-state index contributed by atoms with van der Waals surface area (Å²) in [7, 11) is 1.99. The van der Waals surface area contributed by atoms with E-state index in [1.165, 1.54) is 6.42 Å². The number of ether oxygens (including phenoxy) is 1. The SMILES string of the molecule is CNCCC1CCN(C(=O)COC(C)(C)C)CC1. The summed E-state index contributed by atoms with van der Waals surface area (Å²) in [6, 6.07) is 0. The molecular formula is C14H28N2O2. The molecule has 0 saturated carbocycles. The van der Waals surface area contributed by atoms with E-state index in [0.717, 1.165) is 38.4 Å². The zero-order chi connectivity index (χ0) is 13.6. The molecule has 0 radical (unpaired) electrons. The molecule has 0 aliphatic carbocycles. The third-order valence-corrected chi connectivity index (χ3v) is 3.40. The fraction of sp³-hybridized carbons (Fsp3) is 0.929. The van der Waals surface area contributed by atoms with Crippen molar-refractivity contribution in [1.82, 2.24) is 10.2 Å². The summed E-state index contributed by atoms with van der Waals surface area (Å²) in [5, 5.41) is 3.19. The van der Waals surface area contributed by atoms with E-state index in [0.29, 0.717) is 0 Å². The number of likely N-dealkylation sites (tertiary alicyclic amines) is 1. The molecule has 1 fully saturated rings. The molecule has 106 valence electrons. The lowest BCUT2D eigenvalue weighted by molar-refractivity contribution is -0.142. The third kappa shape index (κ3) is 5.83. The topological polar surface area (TPSA) is 41.6 Å². The van der Waals surface area contributed by atoms with Gasteiger partial charge in [0.15, 0.2) is 0 Å². The standard InChI is InChI=1S/C14H28N2O2/c1-14(2,3)18-11-13(17)16-9-6-12(7-10-16)5-8-15-4/h12,15H,5-11H2,1-4H3. The predicted molar refractivity (Wildman–Crippen MR) is 73.6 cm³/mol. The van der Waals surface area contributed by atoms with E-state index >= 15 is 0 Å². The smallest absolute Gasteiger partial charge is 0.248 e. The Hall–Kier alpha value is -0.610. The Kier molecular flexibility index (Phi) is 6.09. The van der Waals surface area contributed by atoms with Crippen molar-refractivity contribution in [2.75, 3.05) is 33.3 Å². The van der Waals surface area contributed by atoms with Crippen molar-refractivity contribution in [2.45, 2.75) is 45.6 Å². The molecule has 1 heterocycles. The molecule has 0 aromatic heterocycles. The van der Waals surface area contributed by atoms with E-state index in [4.69, 9.17) is 4.74 Å². The number of rotatable bonds is 5. The Balaban J connectivity index is 2.23. The van der Waals surface area contributed by atoms with Gasteiger partial charge in [0.2, 0.25) is 5.91 Å². The number of nitrogens with one attached hydrogen (secondary N) is 1. The van der Waals surface area contributed by atoms with Gasteiger partial charge in [0.25, 0.3) is 0 Å². The zero-order valence-electron chi connectivity index (χ0n) is 12.3. The molecule has 1 aliphatic heterocycles. The third-order valence-electron chi connectivity index (χ3n) is 3.40. The van der Waals surface area contributed by atoms with Gasteiger partial charge in [-0.1, -0.05) is 0 Å². The molecule has 0 atom stereocenters. The highest BCUT2D eigenvalue weighted by Gasteiger charge is 2.23. The molecule has 1 aliphatic rings. The minimum atomic E-state index is -0.235. The van der Waals surface area contributed by atoms with Crippen LogP contribution in [0.25, 0.3) is 0 Å². The maximum absolute atomic E-state index is 12.0. The zero-order valence-corrected chi connectivity index (χ0v) is 12.3. The summed E-state index contributed by atoms with van der Waals surface area (Å²) in [6.07, 6.45) is 3.48. The lowest BCUT2D eigenvalue weighted by Gasteiger charge is -2.32. The van der Waals surface area contributed by atoms with Crippen LogP contribution in [0, 0.1) is 5.92 Å². The van der Waals surface area contributed by atoms with Gasteiger partial charge in [-0.05, 0) is 59.5 Å². The number of carbonyl (C=O) groups is 1. The van der Waals surface area contributed by atoms with Crippen LogP contribution in [0.3, 0.4) is 0 Å². The number of piperidine rings is 1. The summed E-state index contributed by atoms with van der Waals surface area (Å²) < 4.78 is 5.53. The molecule has 18 heavy (non-hydrogen) atoms. The normalized spacial score (nSPS) is 18.1. The molecule has 0 spiro atoms. The van der Waals surface area contributed by atoms with Crippen molar-refractivity contribution in [3.8, 4) is 0 Å². The van der Waals surface area contributed by atoms with Crippen LogP contribution in [0.15, 0.2) is 0 Å². The van der Waals surface area contributed by atoms with Crippen LogP contribution in [0.5, 0.6) is 0 Å². The molecule has 1 N–H and O–H groups in total. The molecule has 1 saturated heterocycles. The summed E-state index contributed by atoms with van der Waals surface area (Å²) in [4.78, 5) is 13.9. The second-order valence-electron chi connectivity index (χ2n) is 6.12. The van der Waals surface area contributed by atoms with Gasteiger partial charge in [-0.25, -0.2) is 0 Å².